The second-order valence-corrected chi connectivity index (χ2v) is 15.7. The molecule has 3 fully saturated rings. The summed E-state index contributed by atoms with van der Waals surface area (Å²) < 4.78 is 53.1. The van der Waals surface area contributed by atoms with Crippen LogP contribution in [0.5, 0.6) is 0 Å². The number of carbonyl (C=O) groups excluding carboxylic acids is 1. The summed E-state index contributed by atoms with van der Waals surface area (Å²) in [5.74, 6) is 1.96. The third kappa shape index (κ3) is 7.22. The molecule has 0 amide bonds. The lowest BCUT2D eigenvalue weighted by molar-refractivity contribution is -0.169. The molecule has 3 aliphatic rings. The van der Waals surface area contributed by atoms with E-state index in [0.29, 0.717) is 118 Å². The van der Waals surface area contributed by atoms with Crippen LogP contribution in [0.4, 0.5) is 20.4 Å². The van der Waals surface area contributed by atoms with Crippen molar-refractivity contribution in [3.05, 3.63) is 67.6 Å². The molecule has 0 N–H and O–H groups in total. The van der Waals surface area contributed by atoms with Gasteiger partial charge in [0.15, 0.2) is 29.1 Å². The molecular formula is C38H36Br2F2N8O5. The number of aromatic nitrogens is 6. The largest absolute Gasteiger partial charge is 0.356 e. The highest BCUT2D eigenvalue weighted by Gasteiger charge is 2.41. The molecule has 55 heavy (non-hydrogen) atoms. The standard InChI is InChI=1S/C20H20BrFN4O3.C18H16BrFN4O2/c1-11-14-9-13(21)10-15(22)17(14)24-18(16(11)19-23-12(2)25-29-19)26-5-3-20(4-6-26)27-7-8-28-20;1-9-13-7-11(19)8-14(20)16(13)22-17(24-5-3-12(25)4-6-24)15(9)18-21-10(2)23-26-18/h9-10H,3-8H2,1-2H3;7-8H,3-6H2,1-2H3. The van der Waals surface area contributed by atoms with Crippen molar-refractivity contribution in [2.75, 3.05) is 49.2 Å². The van der Waals surface area contributed by atoms with E-state index in [1.54, 1.807) is 13.8 Å². The van der Waals surface area contributed by atoms with Gasteiger partial charge in [-0.2, -0.15) is 9.97 Å². The number of benzene rings is 2. The Kier molecular flexibility index (Phi) is 10.1. The van der Waals surface area contributed by atoms with Crippen molar-refractivity contribution in [2.45, 2.75) is 59.2 Å². The first-order valence-corrected chi connectivity index (χ1v) is 19.5. The molecule has 3 aliphatic heterocycles. The van der Waals surface area contributed by atoms with Gasteiger partial charge in [-0.15, -0.1) is 0 Å². The van der Waals surface area contributed by atoms with Gasteiger partial charge in [0.1, 0.15) is 28.5 Å². The average molecular weight is 883 g/mol. The smallest absolute Gasteiger partial charge is 0.261 e. The van der Waals surface area contributed by atoms with Gasteiger partial charge in [-0.05, 0) is 63.1 Å². The number of carbonyl (C=O) groups is 1. The fourth-order valence-corrected chi connectivity index (χ4v) is 8.30. The van der Waals surface area contributed by atoms with E-state index >= 15 is 0 Å². The van der Waals surface area contributed by atoms with Gasteiger partial charge in [-0.1, -0.05) is 42.2 Å². The SMILES string of the molecule is Cc1noc(-c2c(N3CCC(=O)CC3)nc3c(F)cc(Br)cc3c2C)n1.Cc1noc(-c2c(N3CCC4(CC3)OCCO4)nc3c(F)cc(Br)cc3c2C)n1. The number of piperidine rings is 2. The third-order valence-electron chi connectivity index (χ3n) is 10.2. The fourth-order valence-electron chi connectivity index (χ4n) is 7.44. The first-order valence-electron chi connectivity index (χ1n) is 17.9. The van der Waals surface area contributed by atoms with Crippen molar-refractivity contribution < 1.29 is 32.1 Å². The zero-order valence-electron chi connectivity index (χ0n) is 30.5. The van der Waals surface area contributed by atoms with E-state index in [4.69, 9.17) is 23.5 Å². The Morgan fingerprint density at radius 2 is 1.09 bits per heavy atom. The normalized spacial score (nSPS) is 17.1. The minimum Gasteiger partial charge on any atom is -0.356 e. The molecule has 17 heteroatoms. The minimum absolute atomic E-state index is 0.226. The number of aryl methyl sites for hydroxylation is 4. The molecule has 0 bridgehead atoms. The van der Waals surface area contributed by atoms with E-state index in [1.165, 1.54) is 12.1 Å². The Hall–Kier alpha value is -4.45. The van der Waals surface area contributed by atoms with Crippen LogP contribution in [-0.2, 0) is 14.3 Å². The highest BCUT2D eigenvalue weighted by atomic mass is 79.9. The van der Waals surface area contributed by atoms with Crippen molar-refractivity contribution in [1.82, 2.24) is 30.2 Å². The van der Waals surface area contributed by atoms with E-state index < -0.39 is 11.6 Å². The Morgan fingerprint density at radius 3 is 1.51 bits per heavy atom. The molecule has 1 spiro atoms. The number of pyridine rings is 2. The van der Waals surface area contributed by atoms with E-state index in [2.05, 4.69) is 62.0 Å². The van der Waals surface area contributed by atoms with E-state index in [9.17, 15) is 13.6 Å². The number of nitrogens with zero attached hydrogens (tertiary/aromatic N) is 8. The zero-order chi connectivity index (χ0) is 38.6. The van der Waals surface area contributed by atoms with Crippen molar-refractivity contribution in [3.8, 4) is 22.9 Å². The van der Waals surface area contributed by atoms with Crippen LogP contribution in [0, 0.1) is 39.3 Å². The Bertz CT molecular complexity index is 2450. The maximum atomic E-state index is 14.8. The molecule has 0 aliphatic carbocycles. The molecule has 0 unspecified atom stereocenters. The number of ether oxygens (including phenoxy) is 2. The lowest BCUT2D eigenvalue weighted by Gasteiger charge is -2.38. The van der Waals surface area contributed by atoms with Crippen LogP contribution < -0.4 is 9.80 Å². The number of ketones is 1. The fraction of sp³-hybridized carbons (Fsp3) is 0.395. The predicted octanol–water partition coefficient (Wildman–Crippen LogP) is 8.12. The second kappa shape index (κ2) is 14.9. The van der Waals surface area contributed by atoms with Crippen LogP contribution >= 0.6 is 31.9 Å². The number of rotatable bonds is 4. The second-order valence-electron chi connectivity index (χ2n) is 13.9. The maximum Gasteiger partial charge on any atom is 0.261 e. The molecule has 3 saturated heterocycles. The summed E-state index contributed by atoms with van der Waals surface area (Å²) >= 11 is 6.71. The maximum absolute atomic E-state index is 14.8. The molecule has 7 heterocycles. The summed E-state index contributed by atoms with van der Waals surface area (Å²) in [4.78, 5) is 33.8. The van der Waals surface area contributed by atoms with Gasteiger partial charge in [-0.25, -0.2) is 18.7 Å². The number of hydrogen-bond acceptors (Lipinski definition) is 13. The summed E-state index contributed by atoms with van der Waals surface area (Å²) in [6.45, 7) is 11.0. The number of fused-ring (bicyclic) bond motifs is 2. The Labute approximate surface area is 331 Å². The monoisotopic (exact) mass is 880 g/mol. The van der Waals surface area contributed by atoms with Crippen LogP contribution in [0.1, 0.15) is 48.5 Å². The highest BCUT2D eigenvalue weighted by molar-refractivity contribution is 9.10. The Morgan fingerprint density at radius 1 is 0.655 bits per heavy atom. The first-order chi connectivity index (χ1) is 26.4. The molecule has 0 radical (unpaired) electrons. The molecule has 6 aromatic rings. The van der Waals surface area contributed by atoms with Crippen LogP contribution in [0.2, 0.25) is 0 Å². The van der Waals surface area contributed by atoms with Gasteiger partial charge in [0.25, 0.3) is 11.8 Å². The Balaban J connectivity index is 0.000000156. The summed E-state index contributed by atoms with van der Waals surface area (Å²) in [5.41, 5.74) is 3.70. The quantitative estimate of drug-likeness (QED) is 0.168. The van der Waals surface area contributed by atoms with E-state index in [1.807, 2.05) is 30.9 Å². The van der Waals surface area contributed by atoms with Gasteiger partial charge >= 0.3 is 0 Å². The molecule has 9 rings (SSSR count). The van der Waals surface area contributed by atoms with E-state index in [0.717, 1.165) is 29.5 Å². The van der Waals surface area contributed by atoms with E-state index in [-0.39, 0.29) is 17.1 Å². The van der Waals surface area contributed by atoms with Crippen LogP contribution in [0.25, 0.3) is 44.7 Å². The van der Waals surface area contributed by atoms with Crippen molar-refractivity contribution in [2.24, 2.45) is 0 Å². The van der Waals surface area contributed by atoms with Crippen molar-refractivity contribution in [3.63, 3.8) is 0 Å². The lowest BCUT2D eigenvalue weighted by Crippen LogP contribution is -2.45. The van der Waals surface area contributed by atoms with Gasteiger partial charge < -0.3 is 28.3 Å². The number of halogens is 4. The molecule has 13 nitrogen and oxygen atoms in total. The lowest BCUT2D eigenvalue weighted by atomic mass is 10.00. The van der Waals surface area contributed by atoms with Gasteiger partial charge in [-0.3, -0.25) is 4.79 Å². The number of Topliss-reactive ketones (excluding diaryl/α,β-unsaturated/α-hetero) is 1. The summed E-state index contributed by atoms with van der Waals surface area (Å²) in [6, 6.07) is 6.52. The summed E-state index contributed by atoms with van der Waals surface area (Å²) in [7, 11) is 0. The number of hydrogen-bond donors (Lipinski definition) is 0. The van der Waals surface area contributed by atoms with Gasteiger partial charge in [0.2, 0.25) is 0 Å². The average Bonchev–Trinajstić information content (AvgIpc) is 3.91. The summed E-state index contributed by atoms with van der Waals surface area (Å²) in [6.07, 6.45) is 2.33. The third-order valence-corrected chi connectivity index (χ3v) is 11.2. The molecule has 286 valence electrons. The predicted molar refractivity (Wildman–Crippen MR) is 207 cm³/mol. The molecule has 4 aromatic heterocycles. The minimum atomic E-state index is -0.500. The molecule has 0 atom stereocenters. The van der Waals surface area contributed by atoms with Crippen LogP contribution in [-0.4, -0.2) is 81.2 Å². The number of anilines is 2. The molecule has 2 aromatic carbocycles. The van der Waals surface area contributed by atoms with Crippen LogP contribution in [0.3, 0.4) is 0 Å². The summed E-state index contributed by atoms with van der Waals surface area (Å²) in [5, 5.41) is 9.21. The van der Waals surface area contributed by atoms with Gasteiger partial charge in [0, 0.05) is 71.6 Å². The van der Waals surface area contributed by atoms with Gasteiger partial charge in [0.05, 0.1) is 24.3 Å². The first kappa shape index (κ1) is 37.5. The van der Waals surface area contributed by atoms with Crippen molar-refractivity contribution in [1.29, 1.82) is 0 Å². The van der Waals surface area contributed by atoms with Crippen molar-refractivity contribution >= 4 is 71.1 Å². The van der Waals surface area contributed by atoms with Crippen LogP contribution in [0.15, 0.2) is 42.3 Å². The topological polar surface area (TPSA) is 146 Å². The molecular weight excluding hydrogens is 846 g/mol. The highest BCUT2D eigenvalue weighted by Crippen LogP contribution is 2.41. The molecule has 0 saturated carbocycles. The zero-order valence-corrected chi connectivity index (χ0v) is 33.7.